The normalized spacial score (nSPS) is 10.0. The van der Waals surface area contributed by atoms with Gasteiger partial charge in [-0.05, 0) is 12.0 Å². The number of rotatable bonds is 2. The Morgan fingerprint density at radius 2 is 2.43 bits per heavy atom. The van der Waals surface area contributed by atoms with Crippen molar-refractivity contribution in [1.82, 2.24) is 9.77 Å². The zero-order valence-corrected chi connectivity index (χ0v) is 9.21. The maximum atomic E-state index is 11.1. The van der Waals surface area contributed by atoms with Gasteiger partial charge in [-0.2, -0.15) is 5.43 Å². The SMILES string of the molecule is CCOC(=O)Nn1c(S)n[n+](C)c1C. The molecule has 1 N–H and O–H groups in total. The lowest BCUT2D eigenvalue weighted by Gasteiger charge is -2.01. The van der Waals surface area contributed by atoms with E-state index in [1.54, 1.807) is 25.6 Å². The van der Waals surface area contributed by atoms with Crippen LogP contribution in [0.15, 0.2) is 5.16 Å². The summed E-state index contributed by atoms with van der Waals surface area (Å²) in [5.41, 5.74) is 2.50. The highest BCUT2D eigenvalue weighted by Gasteiger charge is 2.19. The first-order valence-electron chi connectivity index (χ1n) is 4.14. The quantitative estimate of drug-likeness (QED) is 0.541. The Bertz CT molecular complexity index is 350. The van der Waals surface area contributed by atoms with Gasteiger partial charge in [0.25, 0.3) is 5.82 Å². The lowest BCUT2D eigenvalue weighted by molar-refractivity contribution is -0.736. The molecule has 1 aromatic heterocycles. The van der Waals surface area contributed by atoms with Crippen LogP contribution in [0.4, 0.5) is 4.79 Å². The van der Waals surface area contributed by atoms with Crippen LogP contribution in [0.1, 0.15) is 12.7 Å². The van der Waals surface area contributed by atoms with Crippen LogP contribution in [0.5, 0.6) is 0 Å². The number of carbonyl (C=O) groups is 1. The van der Waals surface area contributed by atoms with Crippen molar-refractivity contribution in [3.05, 3.63) is 5.82 Å². The Hall–Kier alpha value is -1.24. The van der Waals surface area contributed by atoms with Gasteiger partial charge in [0, 0.05) is 6.92 Å². The van der Waals surface area contributed by atoms with E-state index in [1.807, 2.05) is 0 Å². The largest absolute Gasteiger partial charge is 0.448 e. The van der Waals surface area contributed by atoms with E-state index in [0.717, 1.165) is 5.82 Å². The summed E-state index contributed by atoms with van der Waals surface area (Å²) in [7, 11) is 1.76. The van der Waals surface area contributed by atoms with Crippen LogP contribution in [0.25, 0.3) is 0 Å². The minimum atomic E-state index is -0.524. The Labute approximate surface area is 87.2 Å². The molecular weight excluding hydrogens is 204 g/mol. The maximum absolute atomic E-state index is 11.1. The first-order valence-corrected chi connectivity index (χ1v) is 4.59. The Morgan fingerprint density at radius 3 is 2.86 bits per heavy atom. The van der Waals surface area contributed by atoms with Crippen molar-refractivity contribution < 1.29 is 14.2 Å². The third-order valence-electron chi connectivity index (χ3n) is 1.71. The summed E-state index contributed by atoms with van der Waals surface area (Å²) in [6, 6.07) is 0. The zero-order chi connectivity index (χ0) is 10.7. The van der Waals surface area contributed by atoms with Crippen LogP contribution >= 0.6 is 12.6 Å². The van der Waals surface area contributed by atoms with E-state index in [9.17, 15) is 4.79 Å². The number of aromatic nitrogens is 3. The smallest absolute Gasteiger partial charge is 0.443 e. The molecule has 0 radical (unpaired) electrons. The first-order chi connectivity index (χ1) is 6.56. The van der Waals surface area contributed by atoms with Gasteiger partial charge in [-0.15, -0.1) is 4.68 Å². The van der Waals surface area contributed by atoms with Gasteiger partial charge in [0.1, 0.15) is 7.05 Å². The van der Waals surface area contributed by atoms with E-state index in [2.05, 4.69) is 23.2 Å². The lowest BCUT2D eigenvalue weighted by Crippen LogP contribution is -2.35. The van der Waals surface area contributed by atoms with Crippen molar-refractivity contribution in [2.45, 2.75) is 19.0 Å². The molecule has 6 nitrogen and oxygen atoms in total. The molecule has 0 fully saturated rings. The summed E-state index contributed by atoms with van der Waals surface area (Å²) in [6.07, 6.45) is -0.524. The number of ether oxygens (including phenoxy) is 1. The van der Waals surface area contributed by atoms with Crippen LogP contribution < -0.4 is 10.1 Å². The van der Waals surface area contributed by atoms with E-state index in [0.29, 0.717) is 11.8 Å². The minimum Gasteiger partial charge on any atom is -0.448 e. The third-order valence-corrected chi connectivity index (χ3v) is 2.00. The highest BCUT2D eigenvalue weighted by atomic mass is 32.1. The molecule has 0 aliphatic carbocycles. The molecule has 0 spiro atoms. The summed E-state index contributed by atoms with van der Waals surface area (Å²) in [4.78, 5) is 11.1. The van der Waals surface area contributed by atoms with Gasteiger partial charge in [0.15, 0.2) is 0 Å². The fraction of sp³-hybridized carbons (Fsp3) is 0.571. The number of hydrogen-bond donors (Lipinski definition) is 2. The predicted molar refractivity (Wildman–Crippen MR) is 51.8 cm³/mol. The second-order valence-electron chi connectivity index (χ2n) is 2.64. The summed E-state index contributed by atoms with van der Waals surface area (Å²) >= 11 is 4.09. The van der Waals surface area contributed by atoms with Crippen molar-refractivity contribution in [2.24, 2.45) is 7.05 Å². The maximum Gasteiger partial charge on any atom is 0.443 e. The summed E-state index contributed by atoms with van der Waals surface area (Å²) < 4.78 is 7.77. The summed E-state index contributed by atoms with van der Waals surface area (Å²) in [6.45, 7) is 3.87. The molecule has 78 valence electrons. The number of thiol groups is 1. The highest BCUT2D eigenvalue weighted by molar-refractivity contribution is 7.80. The van der Waals surface area contributed by atoms with Crippen LogP contribution in [0.2, 0.25) is 0 Å². The third kappa shape index (κ3) is 2.16. The number of carbonyl (C=O) groups excluding carboxylic acids is 1. The zero-order valence-electron chi connectivity index (χ0n) is 8.31. The van der Waals surface area contributed by atoms with Gasteiger partial charge in [-0.3, -0.25) is 0 Å². The van der Waals surface area contributed by atoms with Gasteiger partial charge in [-0.25, -0.2) is 4.79 Å². The molecule has 1 aromatic rings. The molecule has 7 heteroatoms. The molecular formula is C7H13N4O2S+. The van der Waals surface area contributed by atoms with E-state index >= 15 is 0 Å². The molecule has 1 amide bonds. The van der Waals surface area contributed by atoms with Gasteiger partial charge >= 0.3 is 11.2 Å². The minimum absolute atomic E-state index is 0.327. The van der Waals surface area contributed by atoms with Crippen LogP contribution in [-0.4, -0.2) is 22.5 Å². The molecule has 1 rings (SSSR count). The molecule has 0 aliphatic rings. The van der Waals surface area contributed by atoms with Crippen molar-refractivity contribution in [3.8, 4) is 0 Å². The van der Waals surface area contributed by atoms with Gasteiger partial charge in [0.05, 0.1) is 6.61 Å². The monoisotopic (exact) mass is 217 g/mol. The van der Waals surface area contributed by atoms with E-state index < -0.39 is 6.09 Å². The molecule has 0 bridgehead atoms. The van der Waals surface area contributed by atoms with Crippen molar-refractivity contribution in [1.29, 1.82) is 0 Å². The second-order valence-corrected chi connectivity index (χ2v) is 3.04. The van der Waals surface area contributed by atoms with Crippen LogP contribution in [0.3, 0.4) is 0 Å². The Balaban J connectivity index is 2.81. The number of nitrogens with one attached hydrogen (secondary N) is 1. The standard InChI is InChI=1S/C7H12N4O2S/c1-4-13-7(12)9-11-5(2)10(3)8-6(11)14/h4H2,1-3H3,(H-,8,9,12,14)/p+1. The number of aryl methyl sites for hydroxylation is 1. The molecule has 0 saturated carbocycles. The molecule has 0 aliphatic heterocycles. The molecule has 1 heterocycles. The Kier molecular flexibility index (Phi) is 3.34. The van der Waals surface area contributed by atoms with E-state index in [4.69, 9.17) is 4.74 Å². The van der Waals surface area contributed by atoms with Crippen molar-refractivity contribution in [2.75, 3.05) is 12.0 Å². The first kappa shape index (κ1) is 10.8. The average Bonchev–Trinajstić information content (AvgIpc) is 2.33. The fourth-order valence-electron chi connectivity index (χ4n) is 0.926. The molecule has 0 aromatic carbocycles. The van der Waals surface area contributed by atoms with E-state index in [-0.39, 0.29) is 0 Å². The molecule has 14 heavy (non-hydrogen) atoms. The van der Waals surface area contributed by atoms with Crippen molar-refractivity contribution in [3.63, 3.8) is 0 Å². The molecule has 0 saturated heterocycles. The summed E-state index contributed by atoms with van der Waals surface area (Å²) in [5.74, 6) is 0.753. The number of hydrogen-bond acceptors (Lipinski definition) is 4. The summed E-state index contributed by atoms with van der Waals surface area (Å²) in [5, 5.41) is 4.40. The topological polar surface area (TPSA) is 60.0 Å². The van der Waals surface area contributed by atoms with Crippen LogP contribution in [-0.2, 0) is 11.8 Å². The van der Waals surface area contributed by atoms with Gasteiger partial charge in [0.2, 0.25) is 0 Å². The van der Waals surface area contributed by atoms with E-state index in [1.165, 1.54) is 4.68 Å². The number of nitrogens with zero attached hydrogens (tertiary/aromatic N) is 3. The van der Waals surface area contributed by atoms with Crippen molar-refractivity contribution >= 4 is 18.7 Å². The fourth-order valence-corrected chi connectivity index (χ4v) is 1.26. The average molecular weight is 217 g/mol. The molecule has 0 atom stereocenters. The van der Waals surface area contributed by atoms with Gasteiger partial charge in [-0.1, -0.05) is 17.3 Å². The number of amides is 1. The molecule has 0 unspecified atom stereocenters. The van der Waals surface area contributed by atoms with Gasteiger partial charge < -0.3 is 4.74 Å². The highest BCUT2D eigenvalue weighted by Crippen LogP contribution is 2.00. The lowest BCUT2D eigenvalue weighted by atomic mass is 10.7. The predicted octanol–water partition coefficient (Wildman–Crippen LogP) is 0.00472. The second kappa shape index (κ2) is 4.32. The Morgan fingerprint density at radius 1 is 1.79 bits per heavy atom. The van der Waals surface area contributed by atoms with Crippen LogP contribution in [0, 0.1) is 6.92 Å².